The molecule has 1 aromatic carbocycles. The summed E-state index contributed by atoms with van der Waals surface area (Å²) < 4.78 is 0. The molecule has 7 nitrogen and oxygen atoms in total. The number of hydrogen-bond acceptors (Lipinski definition) is 3. The highest BCUT2D eigenvalue weighted by Gasteiger charge is 2.31. The average molecular weight is 344 g/mol. The number of nitrogens with zero attached hydrogens (tertiary/aromatic N) is 3. The lowest BCUT2D eigenvalue weighted by atomic mass is 9.95. The lowest BCUT2D eigenvalue weighted by molar-refractivity contribution is -0.140. The van der Waals surface area contributed by atoms with E-state index in [1.54, 1.807) is 9.80 Å². The summed E-state index contributed by atoms with van der Waals surface area (Å²) in [5, 5.41) is 2.88. The highest BCUT2D eigenvalue weighted by atomic mass is 16.2. The second kappa shape index (κ2) is 8.00. The van der Waals surface area contributed by atoms with Crippen molar-refractivity contribution in [1.29, 1.82) is 0 Å². The van der Waals surface area contributed by atoms with Gasteiger partial charge in [0.15, 0.2) is 0 Å². The van der Waals surface area contributed by atoms with Crippen LogP contribution < -0.4 is 5.32 Å². The summed E-state index contributed by atoms with van der Waals surface area (Å²) in [6.45, 7) is 3.59. The minimum Gasteiger partial charge on any atom is -0.342 e. The molecule has 0 saturated carbocycles. The quantitative estimate of drug-likeness (QED) is 0.838. The molecule has 2 saturated heterocycles. The average Bonchev–Trinajstić information content (AvgIpc) is 2.68. The minimum atomic E-state index is -0.114. The third-order valence-electron chi connectivity index (χ3n) is 4.93. The van der Waals surface area contributed by atoms with E-state index < -0.39 is 0 Å². The molecular formula is C18H24N4O3. The Labute approximate surface area is 147 Å². The van der Waals surface area contributed by atoms with Gasteiger partial charge in [0, 0.05) is 50.9 Å². The first-order valence-corrected chi connectivity index (χ1v) is 8.76. The number of nitrogens with one attached hydrogen (secondary N) is 1. The number of urea groups is 1. The van der Waals surface area contributed by atoms with E-state index in [0.29, 0.717) is 52.1 Å². The number of benzene rings is 1. The van der Waals surface area contributed by atoms with Gasteiger partial charge in [-0.05, 0) is 25.0 Å². The van der Waals surface area contributed by atoms with Gasteiger partial charge < -0.3 is 20.0 Å². The molecule has 0 aromatic heterocycles. The zero-order valence-electron chi connectivity index (χ0n) is 14.3. The maximum atomic E-state index is 12.6. The third-order valence-corrected chi connectivity index (χ3v) is 4.93. The number of likely N-dealkylation sites (tertiary alicyclic amines) is 1. The summed E-state index contributed by atoms with van der Waals surface area (Å²) in [7, 11) is 0. The predicted octanol–water partition coefficient (Wildman–Crippen LogP) is 1.23. The summed E-state index contributed by atoms with van der Waals surface area (Å²) in [6, 6.07) is 9.26. The highest BCUT2D eigenvalue weighted by Crippen LogP contribution is 2.21. The summed E-state index contributed by atoms with van der Waals surface area (Å²) in [6.07, 6.45) is 2.22. The molecule has 2 fully saturated rings. The molecule has 134 valence electrons. The topological polar surface area (TPSA) is 73.0 Å². The molecular weight excluding hydrogens is 320 g/mol. The molecule has 2 heterocycles. The molecule has 0 aliphatic carbocycles. The largest absolute Gasteiger partial charge is 0.342 e. The molecule has 0 spiro atoms. The van der Waals surface area contributed by atoms with Crippen LogP contribution in [0.3, 0.4) is 0 Å². The van der Waals surface area contributed by atoms with Gasteiger partial charge in [0.1, 0.15) is 0 Å². The maximum absolute atomic E-state index is 12.6. The molecule has 7 heteroatoms. The number of piperazine rings is 1. The smallest absolute Gasteiger partial charge is 0.321 e. The van der Waals surface area contributed by atoms with Crippen molar-refractivity contribution in [2.75, 3.05) is 44.6 Å². The van der Waals surface area contributed by atoms with E-state index in [2.05, 4.69) is 5.32 Å². The number of para-hydroxylation sites is 1. The number of anilines is 1. The van der Waals surface area contributed by atoms with Crippen molar-refractivity contribution in [1.82, 2.24) is 14.7 Å². The summed E-state index contributed by atoms with van der Waals surface area (Å²) in [5.74, 6) is 0.136. The third kappa shape index (κ3) is 4.29. The van der Waals surface area contributed by atoms with Crippen LogP contribution in [0.25, 0.3) is 0 Å². The van der Waals surface area contributed by atoms with Gasteiger partial charge in [-0.2, -0.15) is 0 Å². The zero-order chi connectivity index (χ0) is 17.6. The van der Waals surface area contributed by atoms with E-state index in [9.17, 15) is 14.4 Å². The number of carbonyl (C=O) groups is 3. The molecule has 2 aliphatic rings. The highest BCUT2D eigenvalue weighted by molar-refractivity contribution is 5.89. The molecule has 4 amide bonds. The van der Waals surface area contributed by atoms with E-state index in [-0.39, 0.29) is 17.9 Å². The monoisotopic (exact) mass is 344 g/mol. The van der Waals surface area contributed by atoms with Crippen LogP contribution in [-0.2, 0) is 9.59 Å². The minimum absolute atomic E-state index is 0.0245. The lowest BCUT2D eigenvalue weighted by Crippen LogP contribution is -2.51. The number of hydrogen-bond donors (Lipinski definition) is 1. The second-order valence-corrected chi connectivity index (χ2v) is 6.52. The van der Waals surface area contributed by atoms with Gasteiger partial charge in [-0.3, -0.25) is 9.59 Å². The Morgan fingerprint density at radius 3 is 2.16 bits per heavy atom. The SMILES string of the molecule is O=CN1CCN(C(=O)C2CCN(C(=O)Nc3ccccc3)CC2)CC1. The van der Waals surface area contributed by atoms with Gasteiger partial charge in [-0.15, -0.1) is 0 Å². The molecule has 1 aromatic rings. The maximum Gasteiger partial charge on any atom is 0.321 e. The first-order valence-electron chi connectivity index (χ1n) is 8.76. The van der Waals surface area contributed by atoms with Crippen LogP contribution in [0.5, 0.6) is 0 Å². The second-order valence-electron chi connectivity index (χ2n) is 6.52. The Morgan fingerprint density at radius 1 is 0.920 bits per heavy atom. The Morgan fingerprint density at radius 2 is 1.56 bits per heavy atom. The van der Waals surface area contributed by atoms with Gasteiger partial charge in [0.25, 0.3) is 0 Å². The van der Waals surface area contributed by atoms with Crippen molar-refractivity contribution in [2.45, 2.75) is 12.8 Å². The molecule has 0 bridgehead atoms. The summed E-state index contributed by atoms with van der Waals surface area (Å²) in [5.41, 5.74) is 0.777. The molecule has 1 N–H and O–H groups in total. The fourth-order valence-corrected chi connectivity index (χ4v) is 3.36. The van der Waals surface area contributed by atoms with Crippen LogP contribution in [0, 0.1) is 5.92 Å². The van der Waals surface area contributed by atoms with Crippen molar-refractivity contribution in [3.8, 4) is 0 Å². The van der Waals surface area contributed by atoms with Crippen LogP contribution in [0.2, 0.25) is 0 Å². The zero-order valence-corrected chi connectivity index (χ0v) is 14.3. The van der Waals surface area contributed by atoms with Gasteiger partial charge in [0.05, 0.1) is 0 Å². The van der Waals surface area contributed by atoms with Crippen molar-refractivity contribution in [3.63, 3.8) is 0 Å². The number of amides is 4. The Kier molecular flexibility index (Phi) is 5.53. The Hall–Kier alpha value is -2.57. The van der Waals surface area contributed by atoms with Crippen LogP contribution >= 0.6 is 0 Å². The van der Waals surface area contributed by atoms with Crippen molar-refractivity contribution >= 4 is 24.0 Å². The standard InChI is InChI=1S/C18H24N4O3/c23-14-20-10-12-21(13-11-20)17(24)15-6-8-22(9-7-15)18(25)19-16-4-2-1-3-5-16/h1-5,14-15H,6-13H2,(H,19,25). The molecule has 0 unspecified atom stereocenters. The van der Waals surface area contributed by atoms with E-state index >= 15 is 0 Å². The summed E-state index contributed by atoms with van der Waals surface area (Å²) >= 11 is 0. The fourth-order valence-electron chi connectivity index (χ4n) is 3.36. The van der Waals surface area contributed by atoms with Crippen LogP contribution in [-0.4, -0.2) is 72.3 Å². The summed E-state index contributed by atoms with van der Waals surface area (Å²) in [4.78, 5) is 41.0. The first-order chi connectivity index (χ1) is 12.2. The lowest BCUT2D eigenvalue weighted by Gasteiger charge is -2.37. The van der Waals surface area contributed by atoms with Crippen molar-refractivity contribution < 1.29 is 14.4 Å². The first kappa shape index (κ1) is 17.3. The van der Waals surface area contributed by atoms with Crippen molar-refractivity contribution in [3.05, 3.63) is 30.3 Å². The predicted molar refractivity (Wildman–Crippen MR) is 94.0 cm³/mol. The van der Waals surface area contributed by atoms with E-state index in [0.717, 1.165) is 12.1 Å². The van der Waals surface area contributed by atoms with Gasteiger partial charge in [-0.1, -0.05) is 18.2 Å². The van der Waals surface area contributed by atoms with Crippen LogP contribution in [0.15, 0.2) is 30.3 Å². The molecule has 0 radical (unpaired) electrons. The molecule has 0 atom stereocenters. The van der Waals surface area contributed by atoms with Gasteiger partial charge in [-0.25, -0.2) is 4.79 Å². The Balaban J connectivity index is 1.46. The Bertz CT molecular complexity index is 606. The number of rotatable bonds is 3. The molecule has 3 rings (SSSR count). The number of carbonyl (C=O) groups excluding carboxylic acids is 3. The van der Waals surface area contributed by atoms with E-state index in [1.807, 2.05) is 35.2 Å². The van der Waals surface area contributed by atoms with E-state index in [4.69, 9.17) is 0 Å². The molecule has 25 heavy (non-hydrogen) atoms. The fraction of sp³-hybridized carbons (Fsp3) is 0.500. The van der Waals surface area contributed by atoms with Crippen LogP contribution in [0.4, 0.5) is 10.5 Å². The van der Waals surface area contributed by atoms with Crippen LogP contribution in [0.1, 0.15) is 12.8 Å². The normalized spacial score (nSPS) is 18.8. The molecule has 2 aliphatic heterocycles. The number of piperidine rings is 1. The van der Waals surface area contributed by atoms with Gasteiger partial charge in [0.2, 0.25) is 12.3 Å². The van der Waals surface area contributed by atoms with Crippen molar-refractivity contribution in [2.24, 2.45) is 5.92 Å². The van der Waals surface area contributed by atoms with E-state index in [1.165, 1.54) is 0 Å². The van der Waals surface area contributed by atoms with Gasteiger partial charge >= 0.3 is 6.03 Å².